The second kappa shape index (κ2) is 9.42. The van der Waals surface area contributed by atoms with Crippen LogP contribution in [0.4, 0.5) is 0 Å². The van der Waals surface area contributed by atoms with E-state index in [0.717, 1.165) is 12.0 Å². The first kappa shape index (κ1) is 19.2. The lowest BCUT2D eigenvalue weighted by molar-refractivity contribution is -0.134. The average Bonchev–Trinajstić information content (AvgIpc) is 2.95. The third-order valence-corrected chi connectivity index (χ3v) is 4.83. The molecule has 5 nitrogen and oxygen atoms in total. The molecule has 6 heteroatoms. The molecule has 0 radical (unpaired) electrons. The lowest BCUT2D eigenvalue weighted by Crippen LogP contribution is -2.39. The van der Waals surface area contributed by atoms with Crippen molar-refractivity contribution in [1.82, 2.24) is 9.80 Å². The largest absolute Gasteiger partial charge is 0.484 e. The van der Waals surface area contributed by atoms with Gasteiger partial charge in [-0.25, -0.2) is 0 Å². The van der Waals surface area contributed by atoms with Crippen molar-refractivity contribution in [1.29, 1.82) is 0 Å². The number of para-hydroxylation sites is 1. The lowest BCUT2D eigenvalue weighted by Gasteiger charge is -2.22. The predicted octanol–water partition coefficient (Wildman–Crippen LogP) is 3.02. The highest BCUT2D eigenvalue weighted by atomic mass is 35.5. The molecule has 0 spiro atoms. The summed E-state index contributed by atoms with van der Waals surface area (Å²) in [6.07, 6.45) is 1.12. The molecule has 3 rings (SSSR count). The van der Waals surface area contributed by atoms with E-state index in [1.54, 1.807) is 17.0 Å². The summed E-state index contributed by atoms with van der Waals surface area (Å²) in [5, 5.41) is 0.660. The highest BCUT2D eigenvalue weighted by Gasteiger charge is 2.22. The zero-order valence-electron chi connectivity index (χ0n) is 15.1. The molecule has 0 atom stereocenters. The van der Waals surface area contributed by atoms with Gasteiger partial charge < -0.3 is 14.5 Å². The average molecular weight is 387 g/mol. The first-order valence-electron chi connectivity index (χ1n) is 9.09. The number of hydrogen-bond donors (Lipinski definition) is 0. The van der Waals surface area contributed by atoms with Gasteiger partial charge in [-0.2, -0.15) is 0 Å². The Bertz CT molecular complexity index is 765. The van der Waals surface area contributed by atoms with Gasteiger partial charge in [0.2, 0.25) is 5.91 Å². The van der Waals surface area contributed by atoms with E-state index in [-0.39, 0.29) is 18.4 Å². The van der Waals surface area contributed by atoms with Crippen molar-refractivity contribution in [3.05, 3.63) is 65.2 Å². The summed E-state index contributed by atoms with van der Waals surface area (Å²) in [6, 6.07) is 16.6. The number of carbonyl (C=O) groups is 2. The third-order valence-electron chi connectivity index (χ3n) is 4.58. The summed E-state index contributed by atoms with van der Waals surface area (Å²) in [5.41, 5.74) is 0.942. The van der Waals surface area contributed by atoms with E-state index in [9.17, 15) is 9.59 Å². The van der Waals surface area contributed by atoms with E-state index in [2.05, 4.69) is 0 Å². The molecule has 0 N–H and O–H groups in total. The maximum absolute atomic E-state index is 12.6. The molecule has 0 aromatic heterocycles. The Morgan fingerprint density at radius 1 is 0.852 bits per heavy atom. The lowest BCUT2D eigenvalue weighted by atomic mass is 10.1. The van der Waals surface area contributed by atoms with Crippen LogP contribution in [0, 0.1) is 0 Å². The molecule has 142 valence electrons. The Morgan fingerprint density at radius 2 is 1.48 bits per heavy atom. The van der Waals surface area contributed by atoms with E-state index in [1.807, 2.05) is 47.4 Å². The third kappa shape index (κ3) is 5.73. The quantitative estimate of drug-likeness (QED) is 0.793. The zero-order valence-corrected chi connectivity index (χ0v) is 15.9. The van der Waals surface area contributed by atoms with Gasteiger partial charge in [0.25, 0.3) is 5.91 Å². The second-order valence-electron chi connectivity index (χ2n) is 6.52. The Hall–Kier alpha value is -2.53. The molecule has 0 aliphatic carbocycles. The highest BCUT2D eigenvalue weighted by molar-refractivity contribution is 6.30. The van der Waals surface area contributed by atoms with Crippen LogP contribution in [0.1, 0.15) is 12.0 Å². The van der Waals surface area contributed by atoms with E-state index >= 15 is 0 Å². The molecule has 2 amide bonds. The fourth-order valence-corrected chi connectivity index (χ4v) is 3.18. The second-order valence-corrected chi connectivity index (χ2v) is 6.96. The summed E-state index contributed by atoms with van der Waals surface area (Å²) in [4.78, 5) is 28.6. The molecule has 2 aromatic carbocycles. The monoisotopic (exact) mass is 386 g/mol. The van der Waals surface area contributed by atoms with Crippen LogP contribution in [0.5, 0.6) is 5.75 Å². The molecule has 1 aliphatic heterocycles. The van der Waals surface area contributed by atoms with Crippen LogP contribution in [0.25, 0.3) is 0 Å². The maximum Gasteiger partial charge on any atom is 0.260 e. The van der Waals surface area contributed by atoms with Gasteiger partial charge in [0.05, 0.1) is 6.42 Å². The summed E-state index contributed by atoms with van der Waals surface area (Å²) in [7, 11) is 0. The summed E-state index contributed by atoms with van der Waals surface area (Å²) >= 11 is 5.89. The van der Waals surface area contributed by atoms with Crippen LogP contribution < -0.4 is 4.74 Å². The minimum atomic E-state index is -0.0501. The van der Waals surface area contributed by atoms with E-state index in [0.29, 0.717) is 43.4 Å². The normalized spacial score (nSPS) is 14.6. The molecule has 1 aliphatic rings. The number of nitrogens with zero attached hydrogens (tertiary/aromatic N) is 2. The van der Waals surface area contributed by atoms with Crippen LogP contribution in [-0.4, -0.2) is 54.4 Å². The smallest absolute Gasteiger partial charge is 0.260 e. The van der Waals surface area contributed by atoms with Gasteiger partial charge in [0.15, 0.2) is 6.61 Å². The molecular formula is C21H23ClN2O3. The van der Waals surface area contributed by atoms with Gasteiger partial charge in [0.1, 0.15) is 5.75 Å². The van der Waals surface area contributed by atoms with Gasteiger partial charge in [-0.3, -0.25) is 9.59 Å². The van der Waals surface area contributed by atoms with Crippen molar-refractivity contribution in [3.8, 4) is 5.75 Å². The van der Waals surface area contributed by atoms with Gasteiger partial charge in [-0.05, 0) is 36.2 Å². The fraction of sp³-hybridized carbons (Fsp3) is 0.333. The molecule has 0 bridgehead atoms. The number of halogens is 1. The molecule has 27 heavy (non-hydrogen) atoms. The fourth-order valence-electron chi connectivity index (χ4n) is 3.06. The van der Waals surface area contributed by atoms with Gasteiger partial charge in [-0.15, -0.1) is 0 Å². The number of rotatable bonds is 5. The van der Waals surface area contributed by atoms with Gasteiger partial charge >= 0.3 is 0 Å². The summed E-state index contributed by atoms with van der Waals surface area (Å²) in [5.74, 6) is 0.707. The number of hydrogen-bond acceptors (Lipinski definition) is 3. The highest BCUT2D eigenvalue weighted by Crippen LogP contribution is 2.13. The maximum atomic E-state index is 12.6. The van der Waals surface area contributed by atoms with Crippen LogP contribution in [0.2, 0.25) is 5.02 Å². The molecular weight excluding hydrogens is 364 g/mol. The minimum Gasteiger partial charge on any atom is -0.484 e. The van der Waals surface area contributed by atoms with Crippen molar-refractivity contribution in [2.24, 2.45) is 0 Å². The molecule has 0 unspecified atom stereocenters. The van der Waals surface area contributed by atoms with Crippen molar-refractivity contribution in [2.45, 2.75) is 12.8 Å². The minimum absolute atomic E-state index is 0.0166. The molecule has 1 heterocycles. The van der Waals surface area contributed by atoms with E-state index in [4.69, 9.17) is 16.3 Å². The topological polar surface area (TPSA) is 49.9 Å². The van der Waals surface area contributed by atoms with Crippen LogP contribution in [0.3, 0.4) is 0 Å². The van der Waals surface area contributed by atoms with Crippen molar-refractivity contribution in [2.75, 3.05) is 32.8 Å². The van der Waals surface area contributed by atoms with E-state index < -0.39 is 0 Å². The Morgan fingerprint density at radius 3 is 2.15 bits per heavy atom. The Balaban J connectivity index is 1.48. The SMILES string of the molecule is O=C(COc1ccccc1)N1CCCN(C(=O)Cc2ccc(Cl)cc2)CC1. The van der Waals surface area contributed by atoms with Crippen molar-refractivity contribution < 1.29 is 14.3 Å². The predicted molar refractivity (Wildman–Crippen MR) is 105 cm³/mol. The summed E-state index contributed by atoms with van der Waals surface area (Å²) < 4.78 is 5.54. The molecule has 0 saturated carbocycles. The molecule has 1 saturated heterocycles. The first-order chi connectivity index (χ1) is 13.1. The van der Waals surface area contributed by atoms with Crippen LogP contribution in [-0.2, 0) is 16.0 Å². The zero-order chi connectivity index (χ0) is 19.1. The van der Waals surface area contributed by atoms with Crippen molar-refractivity contribution >= 4 is 23.4 Å². The first-order valence-corrected chi connectivity index (χ1v) is 9.47. The van der Waals surface area contributed by atoms with E-state index in [1.165, 1.54) is 0 Å². The molecule has 2 aromatic rings. The van der Waals surface area contributed by atoms with Crippen LogP contribution in [0.15, 0.2) is 54.6 Å². The number of ether oxygens (including phenoxy) is 1. The van der Waals surface area contributed by atoms with Crippen LogP contribution >= 0.6 is 11.6 Å². The van der Waals surface area contributed by atoms with Gasteiger partial charge in [-0.1, -0.05) is 41.9 Å². The Labute approximate surface area is 164 Å². The molecule has 1 fully saturated rings. The standard InChI is InChI=1S/C21H23ClN2O3/c22-18-9-7-17(8-10-18)15-20(25)23-11-4-12-24(14-13-23)21(26)16-27-19-5-2-1-3-6-19/h1-3,5-10H,4,11-16H2. The number of amides is 2. The number of benzene rings is 2. The van der Waals surface area contributed by atoms with Crippen molar-refractivity contribution in [3.63, 3.8) is 0 Å². The van der Waals surface area contributed by atoms with Gasteiger partial charge in [0, 0.05) is 31.2 Å². The summed E-state index contributed by atoms with van der Waals surface area (Å²) in [6.45, 7) is 2.40. The Kier molecular flexibility index (Phi) is 6.71. The number of carbonyl (C=O) groups excluding carboxylic acids is 2.